The number of ether oxygens (including phenoxy) is 2. The summed E-state index contributed by atoms with van der Waals surface area (Å²) in [6, 6.07) is 5.28. The lowest BCUT2D eigenvalue weighted by Crippen LogP contribution is -1.95. The van der Waals surface area contributed by atoms with E-state index >= 15 is 0 Å². The summed E-state index contributed by atoms with van der Waals surface area (Å²) in [6.07, 6.45) is 0. The number of aromatic nitrogens is 2. The number of halogens is 2. The molecule has 0 fully saturated rings. The van der Waals surface area contributed by atoms with Gasteiger partial charge in [0.2, 0.25) is 0 Å². The first-order valence-electron chi connectivity index (χ1n) is 5.20. The van der Waals surface area contributed by atoms with Crippen molar-refractivity contribution in [2.45, 2.75) is 0 Å². The molecule has 2 aromatic rings. The van der Waals surface area contributed by atoms with Gasteiger partial charge in [-0.15, -0.1) is 10.2 Å². The van der Waals surface area contributed by atoms with E-state index in [1.54, 1.807) is 0 Å². The lowest BCUT2D eigenvalue weighted by molar-refractivity contribution is -0.384. The number of nitro benzene ring substituents is 1. The first-order valence-corrected chi connectivity index (χ1v) is 5.96. The molecular weight excluding hydrogens is 309 g/mol. The van der Waals surface area contributed by atoms with Gasteiger partial charge in [-0.05, 0) is 6.07 Å². The Hall–Kier alpha value is -2.12. The highest BCUT2D eigenvalue weighted by molar-refractivity contribution is 6.32. The molecular formula is C11H7Cl2N3O4. The molecule has 0 aliphatic heterocycles. The van der Waals surface area contributed by atoms with Crippen molar-refractivity contribution in [2.75, 3.05) is 7.11 Å². The van der Waals surface area contributed by atoms with E-state index < -0.39 is 4.92 Å². The van der Waals surface area contributed by atoms with Crippen molar-refractivity contribution in [1.29, 1.82) is 0 Å². The van der Waals surface area contributed by atoms with Crippen LogP contribution in [0.5, 0.6) is 17.2 Å². The Balaban J connectivity index is 2.38. The van der Waals surface area contributed by atoms with E-state index in [0.717, 1.165) is 0 Å². The highest BCUT2D eigenvalue weighted by Gasteiger charge is 2.15. The van der Waals surface area contributed by atoms with Gasteiger partial charge < -0.3 is 9.47 Å². The van der Waals surface area contributed by atoms with Gasteiger partial charge in [0, 0.05) is 12.1 Å². The summed E-state index contributed by atoms with van der Waals surface area (Å²) in [5.41, 5.74) is -0.119. The Morgan fingerprint density at radius 2 is 1.90 bits per heavy atom. The molecule has 1 aromatic carbocycles. The maximum absolute atomic E-state index is 10.7. The number of rotatable bonds is 4. The lowest BCUT2D eigenvalue weighted by Gasteiger charge is -2.10. The van der Waals surface area contributed by atoms with Gasteiger partial charge >= 0.3 is 0 Å². The van der Waals surface area contributed by atoms with E-state index in [4.69, 9.17) is 32.7 Å². The molecule has 104 valence electrons. The van der Waals surface area contributed by atoms with Crippen molar-refractivity contribution in [3.63, 3.8) is 0 Å². The maximum atomic E-state index is 10.7. The van der Waals surface area contributed by atoms with Crippen LogP contribution < -0.4 is 9.47 Å². The second-order valence-corrected chi connectivity index (χ2v) is 4.26. The van der Waals surface area contributed by atoms with Crippen molar-refractivity contribution < 1.29 is 14.4 Å². The van der Waals surface area contributed by atoms with E-state index in [1.807, 2.05) is 0 Å². The Morgan fingerprint density at radius 3 is 2.55 bits per heavy atom. The van der Waals surface area contributed by atoms with E-state index in [2.05, 4.69) is 10.2 Å². The van der Waals surface area contributed by atoms with Crippen LogP contribution in [0.2, 0.25) is 10.3 Å². The van der Waals surface area contributed by atoms with E-state index in [-0.39, 0.29) is 33.2 Å². The standard InChI is InChI=1S/C11H7Cl2N3O4/c1-19-8-4-6(16(17)18)2-3-7(8)20-9-5-10(12)14-15-11(9)13/h2-5H,1H3. The normalized spacial score (nSPS) is 10.2. The van der Waals surface area contributed by atoms with Gasteiger partial charge in [0.25, 0.3) is 5.69 Å². The highest BCUT2D eigenvalue weighted by atomic mass is 35.5. The van der Waals surface area contributed by atoms with Crippen LogP contribution in [0.1, 0.15) is 0 Å². The van der Waals surface area contributed by atoms with Gasteiger partial charge in [-0.2, -0.15) is 0 Å². The molecule has 0 aliphatic carbocycles. The molecule has 1 heterocycles. The van der Waals surface area contributed by atoms with Crippen molar-refractivity contribution in [3.8, 4) is 17.2 Å². The molecule has 0 N–H and O–H groups in total. The van der Waals surface area contributed by atoms with Crippen LogP contribution in [0.4, 0.5) is 5.69 Å². The summed E-state index contributed by atoms with van der Waals surface area (Å²) in [7, 11) is 1.37. The van der Waals surface area contributed by atoms with Gasteiger partial charge in [-0.1, -0.05) is 23.2 Å². The number of hydrogen-bond donors (Lipinski definition) is 0. The SMILES string of the molecule is COc1cc([N+](=O)[O-])ccc1Oc1cc(Cl)nnc1Cl. The average Bonchev–Trinajstić information content (AvgIpc) is 2.43. The zero-order chi connectivity index (χ0) is 14.7. The first kappa shape index (κ1) is 14.3. The number of nitro groups is 1. The molecule has 0 atom stereocenters. The van der Waals surface area contributed by atoms with Gasteiger partial charge in [-0.3, -0.25) is 10.1 Å². The van der Waals surface area contributed by atoms with E-state index in [1.165, 1.54) is 31.4 Å². The first-order chi connectivity index (χ1) is 9.51. The minimum Gasteiger partial charge on any atom is -0.493 e. The van der Waals surface area contributed by atoms with Crippen molar-refractivity contribution in [3.05, 3.63) is 44.7 Å². The Bertz CT molecular complexity index is 666. The minimum atomic E-state index is -0.538. The second kappa shape index (κ2) is 5.89. The summed E-state index contributed by atoms with van der Waals surface area (Å²) >= 11 is 11.5. The van der Waals surface area contributed by atoms with E-state index in [9.17, 15) is 10.1 Å². The number of nitrogens with zero attached hydrogens (tertiary/aromatic N) is 3. The van der Waals surface area contributed by atoms with Gasteiger partial charge in [0.05, 0.1) is 18.1 Å². The van der Waals surface area contributed by atoms with Crippen molar-refractivity contribution in [1.82, 2.24) is 10.2 Å². The van der Waals surface area contributed by atoms with E-state index in [0.29, 0.717) is 0 Å². The fourth-order valence-electron chi connectivity index (χ4n) is 1.38. The average molecular weight is 316 g/mol. The van der Waals surface area contributed by atoms with Crippen LogP contribution in [0.15, 0.2) is 24.3 Å². The molecule has 7 nitrogen and oxygen atoms in total. The fourth-order valence-corrected chi connectivity index (χ4v) is 1.65. The predicted octanol–water partition coefficient (Wildman–Crippen LogP) is 3.49. The third kappa shape index (κ3) is 3.06. The third-order valence-electron chi connectivity index (χ3n) is 2.26. The van der Waals surface area contributed by atoms with Gasteiger partial charge in [0.15, 0.2) is 27.6 Å². The smallest absolute Gasteiger partial charge is 0.273 e. The zero-order valence-electron chi connectivity index (χ0n) is 10.0. The largest absolute Gasteiger partial charge is 0.493 e. The minimum absolute atomic E-state index is 0.00908. The fraction of sp³-hybridized carbons (Fsp3) is 0.0909. The van der Waals surface area contributed by atoms with Crippen LogP contribution in [0.3, 0.4) is 0 Å². The summed E-state index contributed by atoms with van der Waals surface area (Å²) in [4.78, 5) is 10.2. The molecule has 0 amide bonds. The Kier molecular flexibility index (Phi) is 4.21. The summed E-state index contributed by atoms with van der Waals surface area (Å²) in [5, 5.41) is 17.9. The third-order valence-corrected chi connectivity index (χ3v) is 2.71. The lowest BCUT2D eigenvalue weighted by atomic mass is 10.3. The van der Waals surface area contributed by atoms with Crippen LogP contribution >= 0.6 is 23.2 Å². The number of benzene rings is 1. The van der Waals surface area contributed by atoms with Gasteiger partial charge in [-0.25, -0.2) is 0 Å². The Morgan fingerprint density at radius 1 is 1.15 bits per heavy atom. The summed E-state index contributed by atoms with van der Waals surface area (Å²) in [6.45, 7) is 0. The van der Waals surface area contributed by atoms with Gasteiger partial charge in [0.1, 0.15) is 0 Å². The predicted molar refractivity (Wildman–Crippen MR) is 71.8 cm³/mol. The number of non-ortho nitro benzene ring substituents is 1. The molecule has 2 rings (SSSR count). The van der Waals surface area contributed by atoms with Crippen molar-refractivity contribution >= 4 is 28.9 Å². The molecule has 0 saturated heterocycles. The second-order valence-electron chi connectivity index (χ2n) is 3.52. The summed E-state index contributed by atoms with van der Waals surface area (Å²) < 4.78 is 10.5. The zero-order valence-corrected chi connectivity index (χ0v) is 11.6. The molecule has 0 unspecified atom stereocenters. The topological polar surface area (TPSA) is 87.4 Å². The quantitative estimate of drug-likeness (QED) is 0.634. The summed E-state index contributed by atoms with van der Waals surface area (Å²) in [5.74, 6) is 0.589. The highest BCUT2D eigenvalue weighted by Crippen LogP contribution is 2.36. The molecule has 20 heavy (non-hydrogen) atoms. The van der Waals surface area contributed by atoms with Crippen LogP contribution in [-0.4, -0.2) is 22.2 Å². The maximum Gasteiger partial charge on any atom is 0.273 e. The van der Waals surface area contributed by atoms with Crippen LogP contribution in [0.25, 0.3) is 0 Å². The molecule has 0 spiro atoms. The number of methoxy groups -OCH3 is 1. The Labute approximate surface area is 123 Å². The molecule has 0 bridgehead atoms. The monoisotopic (exact) mass is 315 g/mol. The molecule has 1 aromatic heterocycles. The molecule has 9 heteroatoms. The molecule has 0 saturated carbocycles. The van der Waals surface area contributed by atoms with Crippen LogP contribution in [-0.2, 0) is 0 Å². The molecule has 0 aliphatic rings. The molecule has 0 radical (unpaired) electrons. The number of hydrogen-bond acceptors (Lipinski definition) is 6. The van der Waals surface area contributed by atoms with Crippen LogP contribution in [0, 0.1) is 10.1 Å². The van der Waals surface area contributed by atoms with Crippen molar-refractivity contribution in [2.24, 2.45) is 0 Å².